The number of allylic oxidation sites excluding steroid dienone is 1. The molecule has 0 amide bonds. The van der Waals surface area contributed by atoms with Crippen LogP contribution in [0.25, 0.3) is 5.57 Å². The Kier molecular flexibility index (Phi) is 3.06. The second-order valence-corrected chi connectivity index (χ2v) is 4.91. The Bertz CT molecular complexity index is 475. The van der Waals surface area contributed by atoms with Crippen molar-refractivity contribution in [3.05, 3.63) is 34.9 Å². The molecule has 1 aliphatic carbocycles. The van der Waals surface area contributed by atoms with Gasteiger partial charge in [-0.2, -0.15) is 0 Å². The predicted octanol–water partition coefficient (Wildman–Crippen LogP) is 3.21. The Labute approximate surface area is 99.4 Å². The molecule has 3 heteroatoms. The van der Waals surface area contributed by atoms with Crippen LogP contribution in [0.3, 0.4) is 0 Å². The zero-order valence-corrected chi connectivity index (χ0v) is 10.2. The van der Waals surface area contributed by atoms with E-state index in [0.29, 0.717) is 0 Å². The molecule has 0 spiro atoms. The normalized spacial score (nSPS) is 14.1. The maximum Gasteiger partial charge on any atom is 0.307 e. The molecule has 1 aliphatic rings. The lowest BCUT2D eigenvalue weighted by atomic mass is 10.0. The van der Waals surface area contributed by atoms with Gasteiger partial charge in [-0.05, 0) is 48.4 Å². The fourth-order valence-corrected chi connectivity index (χ4v) is 2.58. The third-order valence-corrected chi connectivity index (χ3v) is 3.67. The first kappa shape index (κ1) is 11.3. The Morgan fingerprint density at radius 2 is 2.25 bits per heavy atom. The third kappa shape index (κ3) is 2.00. The molecule has 2 nitrogen and oxygen atoms in total. The van der Waals surface area contributed by atoms with E-state index in [1.54, 1.807) is 11.8 Å². The van der Waals surface area contributed by atoms with Gasteiger partial charge in [0.2, 0.25) is 0 Å². The summed E-state index contributed by atoms with van der Waals surface area (Å²) in [4.78, 5) is 12.0. The number of rotatable bonds is 3. The topological polar surface area (TPSA) is 37.3 Å². The average Bonchev–Trinajstić information content (AvgIpc) is 2.54. The van der Waals surface area contributed by atoms with E-state index in [0.717, 1.165) is 17.6 Å². The van der Waals surface area contributed by atoms with Crippen LogP contribution in [-0.2, 0) is 11.2 Å². The molecule has 0 bridgehead atoms. The van der Waals surface area contributed by atoms with Crippen LogP contribution in [0.1, 0.15) is 24.5 Å². The molecular formula is C13H14O2S. The van der Waals surface area contributed by atoms with Gasteiger partial charge in [-0.3, -0.25) is 4.79 Å². The molecule has 1 N–H and O–H groups in total. The molecule has 0 aliphatic heterocycles. The van der Waals surface area contributed by atoms with E-state index in [9.17, 15) is 4.79 Å². The van der Waals surface area contributed by atoms with E-state index in [2.05, 4.69) is 18.2 Å². The SMILES string of the molecule is CSc1ccc2c(c1)C(CC(=O)O)=C(C)C2. The van der Waals surface area contributed by atoms with Crippen molar-refractivity contribution in [1.29, 1.82) is 0 Å². The molecule has 0 aromatic heterocycles. The monoisotopic (exact) mass is 234 g/mol. The summed E-state index contributed by atoms with van der Waals surface area (Å²) in [6.45, 7) is 2.02. The van der Waals surface area contributed by atoms with E-state index in [4.69, 9.17) is 5.11 Å². The van der Waals surface area contributed by atoms with E-state index in [1.165, 1.54) is 16.0 Å². The maximum atomic E-state index is 10.8. The van der Waals surface area contributed by atoms with E-state index in [1.807, 2.05) is 13.2 Å². The van der Waals surface area contributed by atoms with Crippen molar-refractivity contribution in [3.63, 3.8) is 0 Å². The van der Waals surface area contributed by atoms with Gasteiger partial charge >= 0.3 is 5.97 Å². The highest BCUT2D eigenvalue weighted by molar-refractivity contribution is 7.98. The fourth-order valence-electron chi connectivity index (χ4n) is 2.14. The Morgan fingerprint density at radius 1 is 1.50 bits per heavy atom. The first-order valence-corrected chi connectivity index (χ1v) is 6.42. The van der Waals surface area contributed by atoms with Gasteiger partial charge in [0.1, 0.15) is 0 Å². The van der Waals surface area contributed by atoms with Gasteiger partial charge in [-0.1, -0.05) is 11.6 Å². The average molecular weight is 234 g/mol. The van der Waals surface area contributed by atoms with E-state index >= 15 is 0 Å². The maximum absolute atomic E-state index is 10.8. The molecular weight excluding hydrogens is 220 g/mol. The summed E-state index contributed by atoms with van der Waals surface area (Å²) in [5, 5.41) is 8.90. The van der Waals surface area contributed by atoms with Crippen LogP contribution in [0.5, 0.6) is 0 Å². The highest BCUT2D eigenvalue weighted by Crippen LogP contribution is 2.36. The van der Waals surface area contributed by atoms with Gasteiger partial charge in [-0.15, -0.1) is 11.8 Å². The van der Waals surface area contributed by atoms with Crippen LogP contribution in [0.2, 0.25) is 0 Å². The van der Waals surface area contributed by atoms with Crippen molar-refractivity contribution < 1.29 is 9.90 Å². The van der Waals surface area contributed by atoms with Gasteiger partial charge in [0.15, 0.2) is 0 Å². The molecule has 84 valence electrons. The number of benzene rings is 1. The van der Waals surface area contributed by atoms with Crippen molar-refractivity contribution in [3.8, 4) is 0 Å². The lowest BCUT2D eigenvalue weighted by Crippen LogP contribution is -1.97. The zero-order chi connectivity index (χ0) is 11.7. The van der Waals surface area contributed by atoms with Crippen molar-refractivity contribution in [2.45, 2.75) is 24.7 Å². The number of hydrogen-bond acceptors (Lipinski definition) is 2. The lowest BCUT2D eigenvalue weighted by molar-refractivity contribution is -0.135. The first-order chi connectivity index (χ1) is 7.61. The largest absolute Gasteiger partial charge is 0.481 e. The van der Waals surface area contributed by atoms with E-state index in [-0.39, 0.29) is 6.42 Å². The van der Waals surface area contributed by atoms with Crippen LogP contribution in [-0.4, -0.2) is 17.3 Å². The summed E-state index contributed by atoms with van der Waals surface area (Å²) >= 11 is 1.69. The van der Waals surface area contributed by atoms with Gasteiger partial charge in [-0.25, -0.2) is 0 Å². The highest BCUT2D eigenvalue weighted by atomic mass is 32.2. The zero-order valence-electron chi connectivity index (χ0n) is 9.41. The van der Waals surface area contributed by atoms with Crippen molar-refractivity contribution >= 4 is 23.3 Å². The number of fused-ring (bicyclic) bond motifs is 1. The Morgan fingerprint density at radius 3 is 2.88 bits per heavy atom. The summed E-state index contributed by atoms with van der Waals surface area (Å²) < 4.78 is 0. The number of carboxylic acid groups (broad SMARTS) is 1. The van der Waals surface area contributed by atoms with Crippen molar-refractivity contribution in [1.82, 2.24) is 0 Å². The molecule has 1 aromatic rings. The number of carboxylic acids is 1. The molecule has 0 saturated heterocycles. The third-order valence-electron chi connectivity index (χ3n) is 2.94. The quantitative estimate of drug-likeness (QED) is 0.816. The minimum Gasteiger partial charge on any atom is -0.481 e. The number of carbonyl (C=O) groups is 1. The molecule has 0 atom stereocenters. The number of hydrogen-bond donors (Lipinski definition) is 1. The number of aliphatic carboxylic acids is 1. The number of thioether (sulfide) groups is 1. The van der Waals surface area contributed by atoms with Gasteiger partial charge in [0.25, 0.3) is 0 Å². The fraction of sp³-hybridized carbons (Fsp3) is 0.308. The minimum atomic E-state index is -0.753. The predicted molar refractivity (Wildman–Crippen MR) is 66.8 cm³/mol. The molecule has 0 fully saturated rings. The second-order valence-electron chi connectivity index (χ2n) is 4.03. The molecule has 0 heterocycles. The smallest absolute Gasteiger partial charge is 0.307 e. The highest BCUT2D eigenvalue weighted by Gasteiger charge is 2.20. The molecule has 0 unspecified atom stereocenters. The Balaban J connectivity index is 2.42. The van der Waals surface area contributed by atoms with Crippen molar-refractivity contribution in [2.75, 3.05) is 6.26 Å². The molecule has 1 aromatic carbocycles. The van der Waals surface area contributed by atoms with Crippen LogP contribution in [0.4, 0.5) is 0 Å². The van der Waals surface area contributed by atoms with Gasteiger partial charge < -0.3 is 5.11 Å². The standard InChI is InChI=1S/C13H14O2S/c1-8-5-9-3-4-10(16-2)6-12(9)11(8)7-13(14)15/h3-4,6H,5,7H2,1-2H3,(H,14,15). The molecule has 0 radical (unpaired) electrons. The summed E-state index contributed by atoms with van der Waals surface area (Å²) in [6, 6.07) is 6.31. The summed E-state index contributed by atoms with van der Waals surface area (Å²) in [7, 11) is 0. The molecule has 2 rings (SSSR count). The Hall–Kier alpha value is -1.22. The summed E-state index contributed by atoms with van der Waals surface area (Å²) in [5.41, 5.74) is 4.58. The van der Waals surface area contributed by atoms with Crippen LogP contribution >= 0.6 is 11.8 Å². The van der Waals surface area contributed by atoms with Gasteiger partial charge in [0, 0.05) is 4.90 Å². The van der Waals surface area contributed by atoms with E-state index < -0.39 is 5.97 Å². The van der Waals surface area contributed by atoms with Crippen LogP contribution < -0.4 is 0 Å². The first-order valence-electron chi connectivity index (χ1n) is 5.19. The second kappa shape index (κ2) is 4.34. The van der Waals surface area contributed by atoms with Crippen molar-refractivity contribution in [2.24, 2.45) is 0 Å². The summed E-state index contributed by atoms with van der Waals surface area (Å²) in [6.07, 6.45) is 3.06. The lowest BCUT2D eigenvalue weighted by Gasteiger charge is -2.05. The van der Waals surface area contributed by atoms with Gasteiger partial charge in [0.05, 0.1) is 6.42 Å². The minimum absolute atomic E-state index is 0.136. The molecule has 16 heavy (non-hydrogen) atoms. The van der Waals surface area contributed by atoms with Crippen LogP contribution in [0.15, 0.2) is 28.7 Å². The molecule has 0 saturated carbocycles. The summed E-state index contributed by atoms with van der Waals surface area (Å²) in [5.74, 6) is -0.753. The van der Waals surface area contributed by atoms with Crippen LogP contribution in [0, 0.1) is 0 Å².